The van der Waals surface area contributed by atoms with Crippen LogP contribution < -0.4 is 5.73 Å². The highest BCUT2D eigenvalue weighted by atomic mass is 16.3. The first-order valence-electron chi connectivity index (χ1n) is 6.13. The fraction of sp³-hybridized carbons (Fsp3) is 0.571. The van der Waals surface area contributed by atoms with E-state index < -0.39 is 0 Å². The van der Waals surface area contributed by atoms with Gasteiger partial charge in [0.2, 0.25) is 0 Å². The molecule has 0 aromatic heterocycles. The summed E-state index contributed by atoms with van der Waals surface area (Å²) in [6.07, 6.45) is 4.26. The quantitative estimate of drug-likeness (QED) is 0.775. The minimum absolute atomic E-state index is 0.133. The molecular formula is C14H23NO. The summed E-state index contributed by atoms with van der Waals surface area (Å²) >= 11 is 0. The van der Waals surface area contributed by atoms with E-state index in [0.29, 0.717) is 0 Å². The Labute approximate surface area is 98.5 Å². The molecule has 90 valence electrons. The van der Waals surface area contributed by atoms with Gasteiger partial charge in [-0.15, -0.1) is 0 Å². The van der Waals surface area contributed by atoms with Crippen molar-refractivity contribution < 1.29 is 5.11 Å². The lowest BCUT2D eigenvalue weighted by atomic mass is 9.99. The normalized spacial score (nSPS) is 12.8. The third-order valence-corrected chi connectivity index (χ3v) is 2.83. The number of aryl methyl sites for hydroxylation is 2. The second-order valence-electron chi connectivity index (χ2n) is 4.54. The molecule has 0 aliphatic heterocycles. The zero-order chi connectivity index (χ0) is 12.0. The molecule has 0 aliphatic rings. The van der Waals surface area contributed by atoms with E-state index in [1.54, 1.807) is 0 Å². The zero-order valence-electron chi connectivity index (χ0n) is 10.4. The Balaban J connectivity index is 2.64. The molecule has 0 bridgehead atoms. The van der Waals surface area contributed by atoms with Crippen molar-refractivity contribution in [2.45, 2.75) is 52.2 Å². The molecule has 1 aromatic rings. The summed E-state index contributed by atoms with van der Waals surface area (Å²) < 4.78 is 0. The second kappa shape index (κ2) is 6.66. The molecule has 0 amide bonds. The van der Waals surface area contributed by atoms with Crippen LogP contribution in [0.5, 0.6) is 0 Å². The molecule has 0 unspecified atom stereocenters. The number of rotatable bonds is 6. The first-order valence-corrected chi connectivity index (χ1v) is 6.13. The number of aliphatic hydroxyl groups is 1. The van der Waals surface area contributed by atoms with Gasteiger partial charge in [0, 0.05) is 6.04 Å². The Bertz CT molecular complexity index is 298. The van der Waals surface area contributed by atoms with Gasteiger partial charge < -0.3 is 10.8 Å². The van der Waals surface area contributed by atoms with Crippen LogP contribution >= 0.6 is 0 Å². The summed E-state index contributed by atoms with van der Waals surface area (Å²) in [6, 6.07) is 6.70. The van der Waals surface area contributed by atoms with E-state index in [-0.39, 0.29) is 12.6 Å². The van der Waals surface area contributed by atoms with Gasteiger partial charge in [0.25, 0.3) is 0 Å². The fourth-order valence-corrected chi connectivity index (χ4v) is 1.91. The van der Waals surface area contributed by atoms with Crippen molar-refractivity contribution in [3.63, 3.8) is 0 Å². The van der Waals surface area contributed by atoms with Crippen LogP contribution in [0.25, 0.3) is 0 Å². The van der Waals surface area contributed by atoms with Crippen LogP contribution in [0.2, 0.25) is 0 Å². The molecule has 16 heavy (non-hydrogen) atoms. The third-order valence-electron chi connectivity index (χ3n) is 2.83. The van der Waals surface area contributed by atoms with Crippen LogP contribution in [-0.2, 0) is 19.4 Å². The van der Waals surface area contributed by atoms with Gasteiger partial charge in [0.1, 0.15) is 0 Å². The molecule has 1 rings (SSSR count). The van der Waals surface area contributed by atoms with Crippen LogP contribution in [0.4, 0.5) is 0 Å². The van der Waals surface area contributed by atoms with Crippen LogP contribution in [0.3, 0.4) is 0 Å². The molecule has 0 aliphatic carbocycles. The smallest absolute Gasteiger partial charge is 0.0682 e. The topological polar surface area (TPSA) is 46.2 Å². The molecule has 3 N–H and O–H groups in total. The van der Waals surface area contributed by atoms with Gasteiger partial charge >= 0.3 is 0 Å². The standard InChI is InChI=1S/C14H23NO/c1-3-12-7-13(6-4-5-11(2)15)9-14(8-12)10-16/h7-9,11,16H,3-6,10,15H2,1-2H3/t11-/m0/s1. The fourth-order valence-electron chi connectivity index (χ4n) is 1.91. The monoisotopic (exact) mass is 221 g/mol. The lowest BCUT2D eigenvalue weighted by Crippen LogP contribution is -2.14. The van der Waals surface area contributed by atoms with E-state index in [0.717, 1.165) is 31.2 Å². The lowest BCUT2D eigenvalue weighted by molar-refractivity contribution is 0.281. The number of aliphatic hydroxyl groups excluding tert-OH is 1. The van der Waals surface area contributed by atoms with E-state index >= 15 is 0 Å². The first kappa shape index (κ1) is 13.2. The number of hydrogen-bond donors (Lipinski definition) is 2. The SMILES string of the molecule is CCc1cc(CO)cc(CCC[C@H](C)N)c1. The van der Waals surface area contributed by atoms with E-state index in [1.165, 1.54) is 11.1 Å². The number of benzene rings is 1. The van der Waals surface area contributed by atoms with Crippen LogP contribution in [0, 0.1) is 0 Å². The lowest BCUT2D eigenvalue weighted by Gasteiger charge is -2.08. The minimum atomic E-state index is 0.133. The predicted octanol–water partition coefficient (Wildman–Crippen LogP) is 2.41. The van der Waals surface area contributed by atoms with E-state index in [4.69, 9.17) is 5.73 Å². The third kappa shape index (κ3) is 4.33. The highest BCUT2D eigenvalue weighted by Gasteiger charge is 2.01. The molecule has 1 atom stereocenters. The molecule has 0 radical (unpaired) electrons. The molecule has 0 heterocycles. The number of nitrogens with two attached hydrogens (primary N) is 1. The van der Waals surface area contributed by atoms with Crippen molar-refractivity contribution in [1.82, 2.24) is 0 Å². The molecule has 0 saturated heterocycles. The van der Waals surface area contributed by atoms with Crippen molar-refractivity contribution in [1.29, 1.82) is 0 Å². The van der Waals surface area contributed by atoms with Gasteiger partial charge in [-0.1, -0.05) is 25.1 Å². The maximum Gasteiger partial charge on any atom is 0.0682 e. The predicted molar refractivity (Wildman–Crippen MR) is 68.3 cm³/mol. The number of hydrogen-bond acceptors (Lipinski definition) is 2. The van der Waals surface area contributed by atoms with E-state index in [2.05, 4.69) is 25.1 Å². The summed E-state index contributed by atoms with van der Waals surface area (Å²) in [5.74, 6) is 0. The van der Waals surface area contributed by atoms with Gasteiger partial charge in [0.05, 0.1) is 6.61 Å². The van der Waals surface area contributed by atoms with Crippen LogP contribution in [-0.4, -0.2) is 11.1 Å². The summed E-state index contributed by atoms with van der Waals surface area (Å²) in [4.78, 5) is 0. The van der Waals surface area contributed by atoms with Gasteiger partial charge in [-0.25, -0.2) is 0 Å². The van der Waals surface area contributed by atoms with E-state index in [9.17, 15) is 5.11 Å². The first-order chi connectivity index (χ1) is 7.65. The Morgan fingerprint density at radius 3 is 2.38 bits per heavy atom. The maximum atomic E-state index is 9.18. The van der Waals surface area contributed by atoms with E-state index in [1.807, 2.05) is 6.92 Å². The van der Waals surface area contributed by atoms with Crippen LogP contribution in [0.1, 0.15) is 43.4 Å². The average Bonchev–Trinajstić information content (AvgIpc) is 2.28. The summed E-state index contributed by atoms with van der Waals surface area (Å²) in [6.45, 7) is 4.32. The molecular weight excluding hydrogens is 198 g/mol. The highest BCUT2D eigenvalue weighted by Crippen LogP contribution is 2.14. The zero-order valence-corrected chi connectivity index (χ0v) is 10.4. The largest absolute Gasteiger partial charge is 0.392 e. The maximum absolute atomic E-state index is 9.18. The van der Waals surface area contributed by atoms with Gasteiger partial charge in [0.15, 0.2) is 0 Å². The molecule has 1 aromatic carbocycles. The van der Waals surface area contributed by atoms with Gasteiger partial charge in [-0.05, 0) is 49.3 Å². The summed E-state index contributed by atoms with van der Waals surface area (Å²) in [5.41, 5.74) is 9.38. The van der Waals surface area contributed by atoms with Gasteiger partial charge in [-0.2, -0.15) is 0 Å². The second-order valence-corrected chi connectivity index (χ2v) is 4.54. The summed E-state index contributed by atoms with van der Waals surface area (Å²) in [7, 11) is 0. The van der Waals surface area contributed by atoms with Crippen molar-refractivity contribution in [2.75, 3.05) is 0 Å². The highest BCUT2D eigenvalue weighted by molar-refractivity contribution is 5.30. The van der Waals surface area contributed by atoms with Crippen molar-refractivity contribution in [3.8, 4) is 0 Å². The van der Waals surface area contributed by atoms with Crippen molar-refractivity contribution >= 4 is 0 Å². The Morgan fingerprint density at radius 2 is 1.81 bits per heavy atom. The van der Waals surface area contributed by atoms with Gasteiger partial charge in [-0.3, -0.25) is 0 Å². The molecule has 2 heteroatoms. The Kier molecular flexibility index (Phi) is 5.50. The minimum Gasteiger partial charge on any atom is -0.392 e. The average molecular weight is 221 g/mol. The molecule has 0 saturated carbocycles. The van der Waals surface area contributed by atoms with Crippen LogP contribution in [0.15, 0.2) is 18.2 Å². The molecule has 0 spiro atoms. The molecule has 2 nitrogen and oxygen atoms in total. The Morgan fingerprint density at radius 1 is 1.19 bits per heavy atom. The Hall–Kier alpha value is -0.860. The molecule has 0 fully saturated rings. The summed E-state index contributed by atoms with van der Waals surface area (Å²) in [5, 5.41) is 9.18. The van der Waals surface area contributed by atoms with Crippen molar-refractivity contribution in [2.24, 2.45) is 5.73 Å². The van der Waals surface area contributed by atoms with Crippen molar-refractivity contribution in [3.05, 3.63) is 34.9 Å².